The molecule has 5 N–H and O–H groups in total. The van der Waals surface area contributed by atoms with Crippen LogP contribution in [0.5, 0.6) is 0 Å². The van der Waals surface area contributed by atoms with E-state index in [4.69, 9.17) is 20.9 Å². The molecule has 1 atom stereocenters. The number of nitrogens with two attached hydrogens (primary N) is 2. The summed E-state index contributed by atoms with van der Waals surface area (Å²) >= 11 is 0. The Bertz CT molecular complexity index is 1040. The number of ether oxygens (including phenoxy) is 2. The van der Waals surface area contributed by atoms with Crippen molar-refractivity contribution in [2.24, 2.45) is 11.5 Å². The molecule has 1 saturated carbocycles. The fourth-order valence-corrected chi connectivity index (χ4v) is 3.90. The van der Waals surface area contributed by atoms with Gasteiger partial charge in [-0.15, -0.1) is 10.2 Å². The van der Waals surface area contributed by atoms with E-state index in [2.05, 4.69) is 15.5 Å². The number of carbonyl (C=O) groups excluding carboxylic acids is 3. The smallest absolute Gasteiger partial charge is 0.410 e. The zero-order valence-electron chi connectivity index (χ0n) is 20.5. The molecule has 1 aliphatic carbocycles. The summed E-state index contributed by atoms with van der Waals surface area (Å²) < 4.78 is 13.2. The molecule has 2 aromatic heterocycles. The minimum atomic E-state index is -1.10. The summed E-state index contributed by atoms with van der Waals surface area (Å²) in [5, 5.41) is 11.5. The molecule has 2 aromatic rings. The molecule has 0 unspecified atom stereocenters. The van der Waals surface area contributed by atoms with E-state index in [0.717, 1.165) is 30.6 Å². The van der Waals surface area contributed by atoms with Crippen molar-refractivity contribution in [3.8, 4) is 0 Å². The number of pyridine rings is 1. The quantitative estimate of drug-likeness (QED) is 0.438. The standard InChI is InChI=1S/C23H35N7O5.CH4/c1-23(2,25)21(32)26-17(14-34-16-9-5-4-6-10-16)20-28-27-19-11-7-8-15(30(19)20)13-35-22(33)29(3)12-18(24)31;/h7-8,11,16-17H,4-6,9-10,12-14,25H2,1-3H3,(H2,24,31)(H,26,32);1H4/t17-;/m1./s1. The van der Waals surface area contributed by atoms with Gasteiger partial charge < -0.3 is 31.2 Å². The number of aromatic nitrogens is 3. The Morgan fingerprint density at radius 1 is 1.22 bits per heavy atom. The van der Waals surface area contributed by atoms with Gasteiger partial charge in [-0.3, -0.25) is 14.0 Å². The topological polar surface area (TPSA) is 167 Å². The van der Waals surface area contributed by atoms with Gasteiger partial charge in [-0.2, -0.15) is 0 Å². The minimum absolute atomic E-state index is 0. The number of hydrogen-bond donors (Lipinski definition) is 3. The summed E-state index contributed by atoms with van der Waals surface area (Å²) in [6.45, 7) is 3.07. The van der Waals surface area contributed by atoms with Crippen LogP contribution in [-0.2, 0) is 25.7 Å². The van der Waals surface area contributed by atoms with Crippen molar-refractivity contribution in [3.05, 3.63) is 29.7 Å². The minimum Gasteiger partial charge on any atom is -0.443 e. The van der Waals surface area contributed by atoms with E-state index in [0.29, 0.717) is 17.2 Å². The molecule has 0 aliphatic heterocycles. The second-order valence-electron chi connectivity index (χ2n) is 9.49. The Balaban J connectivity index is 0.00000456. The van der Waals surface area contributed by atoms with Crippen LogP contribution >= 0.6 is 0 Å². The fourth-order valence-electron chi connectivity index (χ4n) is 3.90. The van der Waals surface area contributed by atoms with Crippen molar-refractivity contribution in [2.75, 3.05) is 20.2 Å². The van der Waals surface area contributed by atoms with E-state index >= 15 is 0 Å². The Kier molecular flexibility index (Phi) is 10.2. The highest BCUT2D eigenvalue weighted by Gasteiger charge is 2.29. The van der Waals surface area contributed by atoms with E-state index in [1.54, 1.807) is 36.4 Å². The average molecular weight is 506 g/mol. The van der Waals surface area contributed by atoms with Crippen LogP contribution in [0.3, 0.4) is 0 Å². The number of nitrogens with one attached hydrogen (secondary N) is 1. The molecule has 2 heterocycles. The van der Waals surface area contributed by atoms with E-state index < -0.39 is 23.6 Å². The normalized spacial score (nSPS) is 15.1. The number of likely N-dealkylation sites (N-methyl/N-ethyl adjacent to an activating group) is 1. The highest BCUT2D eigenvalue weighted by molar-refractivity contribution is 5.85. The maximum absolute atomic E-state index is 12.8. The van der Waals surface area contributed by atoms with Gasteiger partial charge in [-0.25, -0.2) is 4.79 Å². The van der Waals surface area contributed by atoms with Gasteiger partial charge in [0.1, 0.15) is 19.2 Å². The summed E-state index contributed by atoms with van der Waals surface area (Å²) in [5.74, 6) is -0.568. The van der Waals surface area contributed by atoms with Crippen LogP contribution in [0.4, 0.5) is 4.79 Å². The molecular weight excluding hydrogens is 466 g/mol. The Hall–Kier alpha value is -3.25. The van der Waals surface area contributed by atoms with Crippen LogP contribution in [0.2, 0.25) is 0 Å². The number of hydrogen-bond acceptors (Lipinski definition) is 8. The summed E-state index contributed by atoms with van der Waals surface area (Å²) in [5.41, 5.74) is 11.1. The molecule has 12 nitrogen and oxygen atoms in total. The van der Waals surface area contributed by atoms with Gasteiger partial charge >= 0.3 is 6.09 Å². The third-order valence-corrected chi connectivity index (χ3v) is 5.84. The van der Waals surface area contributed by atoms with Gasteiger partial charge in [-0.05, 0) is 38.8 Å². The molecule has 200 valence electrons. The Labute approximate surface area is 211 Å². The molecule has 36 heavy (non-hydrogen) atoms. The maximum Gasteiger partial charge on any atom is 0.410 e. The van der Waals surface area contributed by atoms with Crippen LogP contribution in [0, 0.1) is 0 Å². The lowest BCUT2D eigenvalue weighted by Gasteiger charge is -2.27. The molecule has 3 rings (SSSR count). The van der Waals surface area contributed by atoms with Crippen molar-refractivity contribution < 1.29 is 23.9 Å². The second kappa shape index (κ2) is 12.6. The highest BCUT2D eigenvalue weighted by atomic mass is 16.6. The van der Waals surface area contributed by atoms with Gasteiger partial charge in [0, 0.05) is 7.05 Å². The number of rotatable bonds is 10. The Morgan fingerprint density at radius 2 is 1.92 bits per heavy atom. The van der Waals surface area contributed by atoms with Crippen LogP contribution in [0.15, 0.2) is 18.2 Å². The summed E-state index contributed by atoms with van der Waals surface area (Å²) in [6, 6.07) is 4.65. The van der Waals surface area contributed by atoms with Gasteiger partial charge in [0.2, 0.25) is 11.8 Å². The number of primary amides is 1. The van der Waals surface area contributed by atoms with E-state index in [1.807, 2.05) is 0 Å². The molecule has 0 aromatic carbocycles. The lowest BCUT2D eigenvalue weighted by molar-refractivity contribution is -0.127. The molecular formula is C24H39N7O5. The molecule has 0 spiro atoms. The van der Waals surface area contributed by atoms with E-state index in [-0.39, 0.29) is 39.2 Å². The number of amides is 3. The van der Waals surface area contributed by atoms with Gasteiger partial charge in [0.25, 0.3) is 0 Å². The summed E-state index contributed by atoms with van der Waals surface area (Å²) in [7, 11) is 1.42. The largest absolute Gasteiger partial charge is 0.443 e. The zero-order chi connectivity index (χ0) is 25.6. The maximum atomic E-state index is 12.8. The molecule has 3 amide bonds. The van der Waals surface area contributed by atoms with E-state index in [1.165, 1.54) is 13.5 Å². The highest BCUT2D eigenvalue weighted by Crippen LogP contribution is 2.23. The molecule has 1 fully saturated rings. The average Bonchev–Trinajstić information content (AvgIpc) is 3.24. The first-order valence-electron chi connectivity index (χ1n) is 11.8. The lowest BCUT2D eigenvalue weighted by Crippen LogP contribution is -2.51. The van der Waals surface area contributed by atoms with Crippen LogP contribution < -0.4 is 16.8 Å². The van der Waals surface area contributed by atoms with Crippen LogP contribution in [0.1, 0.15) is 70.9 Å². The summed E-state index contributed by atoms with van der Waals surface area (Å²) in [4.78, 5) is 37.2. The van der Waals surface area contributed by atoms with Crippen molar-refractivity contribution in [3.63, 3.8) is 0 Å². The molecule has 12 heteroatoms. The van der Waals surface area contributed by atoms with Gasteiger partial charge in [0.05, 0.1) is 23.9 Å². The molecule has 1 aliphatic rings. The van der Waals surface area contributed by atoms with Crippen molar-refractivity contribution in [1.82, 2.24) is 24.8 Å². The fraction of sp³-hybridized carbons (Fsp3) is 0.625. The lowest BCUT2D eigenvalue weighted by atomic mass is 9.98. The van der Waals surface area contributed by atoms with Crippen molar-refractivity contribution in [1.29, 1.82) is 0 Å². The second-order valence-corrected chi connectivity index (χ2v) is 9.49. The van der Waals surface area contributed by atoms with Crippen LogP contribution in [0.25, 0.3) is 5.65 Å². The molecule has 0 radical (unpaired) electrons. The summed E-state index contributed by atoms with van der Waals surface area (Å²) in [6.07, 6.45) is 4.80. The van der Waals surface area contributed by atoms with E-state index in [9.17, 15) is 14.4 Å². The monoisotopic (exact) mass is 505 g/mol. The van der Waals surface area contributed by atoms with Gasteiger partial charge in [-0.1, -0.05) is 32.8 Å². The zero-order valence-corrected chi connectivity index (χ0v) is 20.5. The number of carbonyl (C=O) groups is 3. The predicted molar refractivity (Wildman–Crippen MR) is 134 cm³/mol. The third-order valence-electron chi connectivity index (χ3n) is 5.84. The number of fused-ring (bicyclic) bond motifs is 1. The molecule has 0 bridgehead atoms. The Morgan fingerprint density at radius 3 is 2.56 bits per heavy atom. The van der Waals surface area contributed by atoms with Crippen molar-refractivity contribution >= 4 is 23.6 Å². The predicted octanol–water partition coefficient (Wildman–Crippen LogP) is 1.66. The third kappa shape index (κ3) is 7.62. The van der Waals surface area contributed by atoms with Gasteiger partial charge in [0.15, 0.2) is 11.5 Å². The SMILES string of the molecule is C.CN(CC(N)=O)C(=O)OCc1cccc2nnc([C@@H](COC3CCCCC3)NC(=O)C(C)(C)N)n12. The number of nitrogens with zero attached hydrogens (tertiary/aromatic N) is 4. The first-order chi connectivity index (χ1) is 16.6. The van der Waals surface area contributed by atoms with Crippen molar-refractivity contribution in [2.45, 2.75) is 77.7 Å². The van der Waals surface area contributed by atoms with Crippen LogP contribution in [-0.4, -0.2) is 69.2 Å². The first-order valence-corrected chi connectivity index (χ1v) is 11.8. The molecule has 0 saturated heterocycles. The first kappa shape index (κ1) is 29.0.